The number of amides is 1. The van der Waals surface area contributed by atoms with Gasteiger partial charge in [-0.3, -0.25) is 4.79 Å². The maximum Gasteiger partial charge on any atom is 0.251 e. The van der Waals surface area contributed by atoms with E-state index in [1.807, 2.05) is 45.4 Å². The molecule has 1 amide bonds. The third kappa shape index (κ3) is 3.63. The molecule has 1 aliphatic heterocycles. The van der Waals surface area contributed by atoms with Crippen molar-refractivity contribution >= 4 is 5.91 Å². The van der Waals surface area contributed by atoms with Gasteiger partial charge in [-0.25, -0.2) is 4.98 Å². The van der Waals surface area contributed by atoms with Crippen LogP contribution in [0.25, 0.3) is 0 Å². The molecule has 1 unspecified atom stereocenters. The van der Waals surface area contributed by atoms with Crippen molar-refractivity contribution in [2.45, 2.75) is 58.0 Å². The van der Waals surface area contributed by atoms with E-state index in [-0.39, 0.29) is 11.4 Å². The van der Waals surface area contributed by atoms with Crippen molar-refractivity contribution in [3.05, 3.63) is 53.6 Å². The highest BCUT2D eigenvalue weighted by molar-refractivity contribution is 5.94. The van der Waals surface area contributed by atoms with Crippen molar-refractivity contribution in [1.82, 2.24) is 14.9 Å². The van der Waals surface area contributed by atoms with Crippen molar-refractivity contribution in [1.29, 1.82) is 0 Å². The second kappa shape index (κ2) is 6.19. The lowest BCUT2D eigenvalue weighted by atomic mass is 9.99. The summed E-state index contributed by atoms with van der Waals surface area (Å²) in [6.45, 7) is 5.97. The third-order valence-electron chi connectivity index (χ3n) is 4.29. The lowest BCUT2D eigenvalue weighted by Gasteiger charge is -2.21. The Morgan fingerprint density at radius 2 is 1.96 bits per heavy atom. The number of aryl methyl sites for hydroxylation is 1. The first-order chi connectivity index (χ1) is 10.9. The molecule has 2 aromatic rings. The van der Waals surface area contributed by atoms with Crippen LogP contribution in [0, 0.1) is 0 Å². The van der Waals surface area contributed by atoms with Gasteiger partial charge in [0.05, 0.1) is 12.4 Å². The topological polar surface area (TPSA) is 46.9 Å². The highest BCUT2D eigenvalue weighted by atomic mass is 16.1. The maximum atomic E-state index is 12.2. The van der Waals surface area contributed by atoms with Gasteiger partial charge in [0.25, 0.3) is 5.91 Å². The average Bonchev–Trinajstić information content (AvgIpc) is 2.85. The quantitative estimate of drug-likeness (QED) is 0.918. The van der Waals surface area contributed by atoms with Crippen molar-refractivity contribution in [3.8, 4) is 0 Å². The van der Waals surface area contributed by atoms with Gasteiger partial charge in [0.15, 0.2) is 0 Å². The van der Waals surface area contributed by atoms with E-state index in [0.29, 0.717) is 11.6 Å². The zero-order valence-corrected chi connectivity index (χ0v) is 14.2. The minimum absolute atomic E-state index is 0.0202. The zero-order valence-electron chi connectivity index (χ0n) is 14.2. The fourth-order valence-corrected chi connectivity index (χ4v) is 3.19. The minimum Gasteiger partial charge on any atom is -0.347 e. The monoisotopic (exact) mass is 311 g/mol. The third-order valence-corrected chi connectivity index (χ3v) is 4.29. The standard InChI is InChI=1S/C19H25N3O/c1-19(2,3)21-18(23)15-10-8-14(9-11-15)17-7-5-4-6-16-12-20-13-22(16)17/h8-13,17H,4-7H2,1-3H3,(H,21,23). The van der Waals surface area contributed by atoms with Gasteiger partial charge >= 0.3 is 0 Å². The number of hydrogen-bond acceptors (Lipinski definition) is 2. The van der Waals surface area contributed by atoms with E-state index in [4.69, 9.17) is 0 Å². The number of hydrogen-bond donors (Lipinski definition) is 1. The van der Waals surface area contributed by atoms with Crippen molar-refractivity contribution in [2.75, 3.05) is 0 Å². The number of imidazole rings is 1. The van der Waals surface area contributed by atoms with E-state index >= 15 is 0 Å². The van der Waals surface area contributed by atoms with Crippen LogP contribution in [0.15, 0.2) is 36.8 Å². The van der Waals surface area contributed by atoms with Gasteiger partial charge in [-0.05, 0) is 57.7 Å². The van der Waals surface area contributed by atoms with Crippen LogP contribution in [0.5, 0.6) is 0 Å². The van der Waals surface area contributed by atoms with Gasteiger partial charge in [-0.1, -0.05) is 18.6 Å². The first-order valence-corrected chi connectivity index (χ1v) is 8.37. The molecule has 1 aromatic heterocycles. The van der Waals surface area contributed by atoms with Crippen molar-refractivity contribution in [3.63, 3.8) is 0 Å². The lowest BCUT2D eigenvalue weighted by Crippen LogP contribution is -2.40. The molecule has 1 N–H and O–H groups in total. The Bertz CT molecular complexity index is 679. The number of fused-ring (bicyclic) bond motifs is 1. The second-order valence-corrected chi connectivity index (χ2v) is 7.38. The number of nitrogens with zero attached hydrogens (tertiary/aromatic N) is 2. The molecule has 0 bridgehead atoms. The molecule has 3 rings (SSSR count). The van der Waals surface area contributed by atoms with Crippen LogP contribution in [-0.4, -0.2) is 21.0 Å². The first kappa shape index (κ1) is 15.8. The molecule has 0 spiro atoms. The Morgan fingerprint density at radius 3 is 2.65 bits per heavy atom. The molecule has 0 radical (unpaired) electrons. The molecule has 1 aliphatic rings. The number of benzene rings is 1. The Morgan fingerprint density at radius 1 is 1.22 bits per heavy atom. The SMILES string of the molecule is CC(C)(C)NC(=O)c1ccc(C2CCCCc3cncn32)cc1. The smallest absolute Gasteiger partial charge is 0.251 e. The average molecular weight is 311 g/mol. The summed E-state index contributed by atoms with van der Waals surface area (Å²) in [5.41, 5.74) is 3.05. The largest absolute Gasteiger partial charge is 0.347 e. The summed E-state index contributed by atoms with van der Waals surface area (Å²) in [6.07, 6.45) is 8.57. The first-order valence-electron chi connectivity index (χ1n) is 8.37. The molecule has 4 nitrogen and oxygen atoms in total. The molecule has 0 saturated carbocycles. The van der Waals surface area contributed by atoms with Crippen LogP contribution in [0.1, 0.15) is 67.7 Å². The van der Waals surface area contributed by atoms with E-state index in [2.05, 4.69) is 27.0 Å². The van der Waals surface area contributed by atoms with Gasteiger partial charge in [-0.2, -0.15) is 0 Å². The second-order valence-electron chi connectivity index (χ2n) is 7.38. The molecular formula is C19H25N3O. The number of nitrogens with one attached hydrogen (secondary N) is 1. The predicted octanol–water partition coefficient (Wildman–Crippen LogP) is 3.73. The summed E-state index contributed by atoms with van der Waals surface area (Å²) < 4.78 is 2.29. The van der Waals surface area contributed by atoms with E-state index in [1.54, 1.807) is 0 Å². The number of carbonyl (C=O) groups is 1. The molecule has 0 saturated heterocycles. The summed E-state index contributed by atoms with van der Waals surface area (Å²) in [4.78, 5) is 16.5. The van der Waals surface area contributed by atoms with Gasteiger partial charge in [0.1, 0.15) is 0 Å². The molecule has 2 heterocycles. The minimum atomic E-state index is -0.219. The molecule has 0 aliphatic carbocycles. The van der Waals surface area contributed by atoms with Crippen molar-refractivity contribution < 1.29 is 4.79 Å². The summed E-state index contributed by atoms with van der Waals surface area (Å²) in [5.74, 6) is -0.0202. The number of rotatable bonds is 2. The lowest BCUT2D eigenvalue weighted by molar-refractivity contribution is 0.0919. The van der Waals surface area contributed by atoms with Gasteiger partial charge in [0, 0.05) is 23.0 Å². The maximum absolute atomic E-state index is 12.2. The van der Waals surface area contributed by atoms with Crippen LogP contribution >= 0.6 is 0 Å². The summed E-state index contributed by atoms with van der Waals surface area (Å²) >= 11 is 0. The number of carbonyl (C=O) groups excluding carboxylic acids is 1. The van der Waals surface area contributed by atoms with Crippen LogP contribution in [0.2, 0.25) is 0 Å². The van der Waals surface area contributed by atoms with Gasteiger partial charge in [-0.15, -0.1) is 0 Å². The molecule has 1 aromatic carbocycles. The fraction of sp³-hybridized carbons (Fsp3) is 0.474. The fourth-order valence-electron chi connectivity index (χ4n) is 3.19. The molecule has 23 heavy (non-hydrogen) atoms. The van der Waals surface area contributed by atoms with Crippen LogP contribution in [0.3, 0.4) is 0 Å². The summed E-state index contributed by atoms with van der Waals surface area (Å²) in [7, 11) is 0. The Balaban J connectivity index is 1.82. The Labute approximate surface area is 137 Å². The van der Waals surface area contributed by atoms with Crippen LogP contribution in [0.4, 0.5) is 0 Å². The molecule has 0 fully saturated rings. The summed E-state index contributed by atoms with van der Waals surface area (Å²) in [6, 6.07) is 8.35. The van der Waals surface area contributed by atoms with Crippen LogP contribution in [-0.2, 0) is 6.42 Å². The molecule has 122 valence electrons. The van der Waals surface area contributed by atoms with E-state index in [1.165, 1.54) is 24.1 Å². The van der Waals surface area contributed by atoms with Gasteiger partial charge < -0.3 is 9.88 Å². The highest BCUT2D eigenvalue weighted by Gasteiger charge is 2.20. The molecular weight excluding hydrogens is 286 g/mol. The Hall–Kier alpha value is -2.10. The van der Waals surface area contributed by atoms with E-state index < -0.39 is 0 Å². The Kier molecular flexibility index (Phi) is 4.24. The summed E-state index contributed by atoms with van der Waals surface area (Å²) in [5, 5.41) is 3.00. The normalized spacial score (nSPS) is 18.1. The zero-order chi connectivity index (χ0) is 16.4. The van der Waals surface area contributed by atoms with Crippen LogP contribution < -0.4 is 5.32 Å². The van der Waals surface area contributed by atoms with Crippen molar-refractivity contribution in [2.24, 2.45) is 0 Å². The highest BCUT2D eigenvalue weighted by Crippen LogP contribution is 2.29. The van der Waals surface area contributed by atoms with Gasteiger partial charge in [0.2, 0.25) is 0 Å². The molecule has 1 atom stereocenters. The predicted molar refractivity (Wildman–Crippen MR) is 91.6 cm³/mol. The molecule has 4 heteroatoms. The van der Waals surface area contributed by atoms with E-state index in [0.717, 1.165) is 12.8 Å². The van der Waals surface area contributed by atoms with E-state index in [9.17, 15) is 4.79 Å². The number of aromatic nitrogens is 2.